The molecule has 0 bridgehead atoms. The van der Waals surface area contributed by atoms with Crippen LogP contribution < -0.4 is 5.73 Å². The Morgan fingerprint density at radius 2 is 1.88 bits per heavy atom. The van der Waals surface area contributed by atoms with E-state index in [1.807, 2.05) is 24.3 Å². The second-order valence-electron chi connectivity index (χ2n) is 4.44. The van der Waals surface area contributed by atoms with Crippen LogP contribution in [0.5, 0.6) is 0 Å². The molecule has 0 aliphatic carbocycles. The second kappa shape index (κ2) is 6.25. The smallest absolute Gasteiger partial charge is 0.170 e. The first-order chi connectivity index (χ1) is 8.04. The maximum atomic E-state index is 8.53. The zero-order valence-corrected chi connectivity index (χ0v) is 10.6. The lowest BCUT2D eigenvalue weighted by molar-refractivity contribution is 0.0235. The normalized spacial score (nSPS) is 14.0. The molecule has 1 rings (SSSR count). The lowest BCUT2D eigenvalue weighted by atomic mass is 10.1. The molecule has 1 atom stereocenters. The predicted octanol–water partition coefficient (Wildman–Crippen LogP) is 2.34. The molecule has 17 heavy (non-hydrogen) atoms. The Kier molecular flexibility index (Phi) is 4.97. The number of benzene rings is 1. The highest BCUT2D eigenvalue weighted by atomic mass is 16.5. The quantitative estimate of drug-likeness (QED) is 0.357. The largest absolute Gasteiger partial charge is 0.409 e. The summed E-state index contributed by atoms with van der Waals surface area (Å²) in [5.41, 5.74) is 7.25. The van der Waals surface area contributed by atoms with E-state index in [-0.39, 0.29) is 11.9 Å². The third-order valence-corrected chi connectivity index (χ3v) is 2.81. The van der Waals surface area contributed by atoms with E-state index in [9.17, 15) is 0 Å². The van der Waals surface area contributed by atoms with Crippen LogP contribution >= 0.6 is 0 Å². The molecule has 0 aromatic heterocycles. The molecule has 0 aliphatic heterocycles. The molecule has 4 heteroatoms. The summed E-state index contributed by atoms with van der Waals surface area (Å²) in [6, 6.07) is 7.46. The van der Waals surface area contributed by atoms with Gasteiger partial charge in [-0.2, -0.15) is 0 Å². The minimum absolute atomic E-state index is 0.119. The molecule has 0 saturated carbocycles. The summed E-state index contributed by atoms with van der Waals surface area (Å²) >= 11 is 0. The first-order valence-electron chi connectivity index (χ1n) is 5.73. The van der Waals surface area contributed by atoms with E-state index in [2.05, 4.69) is 25.9 Å². The van der Waals surface area contributed by atoms with Gasteiger partial charge in [0.25, 0.3) is 0 Å². The maximum absolute atomic E-state index is 8.53. The molecule has 3 N–H and O–H groups in total. The number of hydrogen-bond donors (Lipinski definition) is 2. The van der Waals surface area contributed by atoms with Crippen LogP contribution in [-0.2, 0) is 11.3 Å². The number of hydrogen-bond acceptors (Lipinski definition) is 3. The zero-order valence-electron chi connectivity index (χ0n) is 10.6. The van der Waals surface area contributed by atoms with Gasteiger partial charge in [-0.05, 0) is 18.4 Å². The van der Waals surface area contributed by atoms with Crippen molar-refractivity contribution in [1.82, 2.24) is 0 Å². The molecule has 94 valence electrons. The maximum Gasteiger partial charge on any atom is 0.170 e. The second-order valence-corrected chi connectivity index (χ2v) is 4.44. The summed E-state index contributed by atoms with van der Waals surface area (Å²) in [5.74, 6) is 0.624. The Bertz CT molecular complexity index is 372. The van der Waals surface area contributed by atoms with Gasteiger partial charge in [-0.3, -0.25) is 0 Å². The van der Waals surface area contributed by atoms with Gasteiger partial charge < -0.3 is 15.7 Å². The average Bonchev–Trinajstić information content (AvgIpc) is 2.35. The molecule has 0 spiro atoms. The summed E-state index contributed by atoms with van der Waals surface area (Å²) in [7, 11) is 0. The van der Waals surface area contributed by atoms with Crippen LogP contribution in [0.1, 0.15) is 31.9 Å². The van der Waals surface area contributed by atoms with Gasteiger partial charge in [-0.1, -0.05) is 43.3 Å². The standard InChI is InChI=1S/C13H20N2O2/c1-9(2)10(3)17-8-11-4-6-12(7-5-11)13(14)15-16/h4-7,9-10,16H,8H2,1-3H3,(H2,14,15). The molecule has 1 aromatic rings. The van der Waals surface area contributed by atoms with E-state index in [0.717, 1.165) is 5.56 Å². The molecule has 0 amide bonds. The highest BCUT2D eigenvalue weighted by molar-refractivity contribution is 5.96. The molecular weight excluding hydrogens is 216 g/mol. The molecule has 0 radical (unpaired) electrons. The molecule has 0 aliphatic rings. The monoisotopic (exact) mass is 236 g/mol. The van der Waals surface area contributed by atoms with E-state index in [0.29, 0.717) is 18.1 Å². The minimum Gasteiger partial charge on any atom is -0.409 e. The van der Waals surface area contributed by atoms with Crippen molar-refractivity contribution < 1.29 is 9.94 Å². The van der Waals surface area contributed by atoms with Crippen LogP contribution in [0.4, 0.5) is 0 Å². The molecule has 1 aromatic carbocycles. The third kappa shape index (κ3) is 4.07. The average molecular weight is 236 g/mol. The van der Waals surface area contributed by atoms with Crippen molar-refractivity contribution in [2.45, 2.75) is 33.5 Å². The summed E-state index contributed by atoms with van der Waals surface area (Å²) in [6.07, 6.45) is 0.235. The Labute approximate surface area is 102 Å². The van der Waals surface area contributed by atoms with Crippen molar-refractivity contribution in [3.63, 3.8) is 0 Å². The number of nitrogens with zero attached hydrogens (tertiary/aromatic N) is 1. The van der Waals surface area contributed by atoms with Gasteiger partial charge in [-0.25, -0.2) is 0 Å². The first kappa shape index (κ1) is 13.5. The molecular formula is C13H20N2O2. The number of amidine groups is 1. The van der Waals surface area contributed by atoms with E-state index in [4.69, 9.17) is 15.7 Å². The summed E-state index contributed by atoms with van der Waals surface area (Å²) in [6.45, 7) is 6.91. The highest BCUT2D eigenvalue weighted by Crippen LogP contribution is 2.10. The SMILES string of the molecule is CC(C)C(C)OCc1ccc(C(N)=NO)cc1. The van der Waals surface area contributed by atoms with Crippen LogP contribution in [0, 0.1) is 5.92 Å². The highest BCUT2D eigenvalue weighted by Gasteiger charge is 2.07. The fourth-order valence-corrected chi connectivity index (χ4v) is 1.25. The number of ether oxygens (including phenoxy) is 1. The van der Waals surface area contributed by atoms with Crippen LogP contribution in [0.2, 0.25) is 0 Å². The summed E-state index contributed by atoms with van der Waals surface area (Å²) in [5, 5.41) is 11.5. The fourth-order valence-electron chi connectivity index (χ4n) is 1.25. The molecule has 4 nitrogen and oxygen atoms in total. The number of nitrogens with two attached hydrogens (primary N) is 1. The molecule has 1 unspecified atom stereocenters. The van der Waals surface area contributed by atoms with Crippen molar-refractivity contribution in [2.24, 2.45) is 16.8 Å². The first-order valence-corrected chi connectivity index (χ1v) is 5.73. The van der Waals surface area contributed by atoms with Crippen LogP contribution in [0.15, 0.2) is 29.4 Å². The van der Waals surface area contributed by atoms with Gasteiger partial charge in [-0.15, -0.1) is 0 Å². The van der Waals surface area contributed by atoms with E-state index in [1.54, 1.807) is 0 Å². The van der Waals surface area contributed by atoms with Crippen LogP contribution in [-0.4, -0.2) is 17.1 Å². The van der Waals surface area contributed by atoms with Gasteiger partial charge in [0, 0.05) is 5.56 Å². The Balaban J connectivity index is 2.57. The van der Waals surface area contributed by atoms with Gasteiger partial charge in [0.1, 0.15) is 0 Å². The van der Waals surface area contributed by atoms with E-state index >= 15 is 0 Å². The fraction of sp³-hybridized carbons (Fsp3) is 0.462. The van der Waals surface area contributed by atoms with Gasteiger partial charge >= 0.3 is 0 Å². The lowest BCUT2D eigenvalue weighted by Gasteiger charge is -2.16. The van der Waals surface area contributed by atoms with Gasteiger partial charge in [0.2, 0.25) is 0 Å². The molecule has 0 heterocycles. The van der Waals surface area contributed by atoms with Crippen molar-refractivity contribution in [3.8, 4) is 0 Å². The van der Waals surface area contributed by atoms with Crippen molar-refractivity contribution in [1.29, 1.82) is 0 Å². The number of rotatable bonds is 5. The van der Waals surface area contributed by atoms with Crippen molar-refractivity contribution in [3.05, 3.63) is 35.4 Å². The lowest BCUT2D eigenvalue weighted by Crippen LogP contribution is -2.15. The Morgan fingerprint density at radius 3 is 2.35 bits per heavy atom. The van der Waals surface area contributed by atoms with Crippen LogP contribution in [0.3, 0.4) is 0 Å². The van der Waals surface area contributed by atoms with Gasteiger partial charge in [0.05, 0.1) is 12.7 Å². The topological polar surface area (TPSA) is 67.8 Å². The Hall–Kier alpha value is -1.55. The predicted molar refractivity (Wildman–Crippen MR) is 68.0 cm³/mol. The summed E-state index contributed by atoms with van der Waals surface area (Å²) in [4.78, 5) is 0. The van der Waals surface area contributed by atoms with Crippen molar-refractivity contribution >= 4 is 5.84 Å². The van der Waals surface area contributed by atoms with Gasteiger partial charge in [0.15, 0.2) is 5.84 Å². The number of oxime groups is 1. The summed E-state index contributed by atoms with van der Waals surface area (Å²) < 4.78 is 5.71. The Morgan fingerprint density at radius 1 is 1.29 bits per heavy atom. The molecule has 0 fully saturated rings. The van der Waals surface area contributed by atoms with E-state index < -0.39 is 0 Å². The third-order valence-electron chi connectivity index (χ3n) is 2.81. The zero-order chi connectivity index (χ0) is 12.8. The minimum atomic E-state index is 0.119. The molecule has 0 saturated heterocycles. The van der Waals surface area contributed by atoms with Crippen LogP contribution in [0.25, 0.3) is 0 Å². The van der Waals surface area contributed by atoms with E-state index in [1.165, 1.54) is 0 Å². The van der Waals surface area contributed by atoms with Crippen molar-refractivity contribution in [2.75, 3.05) is 0 Å².